The second-order valence-electron chi connectivity index (χ2n) is 7.34. The van der Waals surface area contributed by atoms with Crippen LogP contribution in [0.5, 0.6) is 0 Å². The zero-order valence-corrected chi connectivity index (χ0v) is 18.8. The highest BCUT2D eigenvalue weighted by Gasteiger charge is 2.39. The van der Waals surface area contributed by atoms with Gasteiger partial charge in [0.1, 0.15) is 5.82 Å². The zero-order chi connectivity index (χ0) is 22.9. The normalized spacial score (nSPS) is 14.8. The summed E-state index contributed by atoms with van der Waals surface area (Å²) in [4.78, 5) is 12.9. The molecule has 0 saturated carbocycles. The van der Waals surface area contributed by atoms with Crippen LogP contribution in [-0.4, -0.2) is 27.9 Å². The molecule has 1 amide bonds. The quantitative estimate of drug-likeness (QED) is 0.602. The van der Waals surface area contributed by atoms with Gasteiger partial charge >= 0.3 is 0 Å². The number of rotatable bonds is 5. The lowest BCUT2D eigenvalue weighted by molar-refractivity contribution is -0.116. The maximum Gasteiger partial charge on any atom is 0.270 e. The van der Waals surface area contributed by atoms with Crippen molar-refractivity contribution in [3.8, 4) is 0 Å². The molecular formula is C24H20ClFN2O3S. The molecule has 0 radical (unpaired) electrons. The van der Waals surface area contributed by atoms with Gasteiger partial charge in [0.2, 0.25) is 0 Å². The van der Waals surface area contributed by atoms with Crippen LogP contribution >= 0.6 is 11.6 Å². The summed E-state index contributed by atoms with van der Waals surface area (Å²) in [6.07, 6.45) is 0.429. The van der Waals surface area contributed by atoms with Crippen molar-refractivity contribution >= 4 is 38.8 Å². The molecule has 32 heavy (non-hydrogen) atoms. The first-order valence-corrected chi connectivity index (χ1v) is 11.7. The summed E-state index contributed by atoms with van der Waals surface area (Å²) in [5.74, 6) is -1.05. The summed E-state index contributed by atoms with van der Waals surface area (Å²) >= 11 is 6.22. The van der Waals surface area contributed by atoms with E-state index in [0.717, 1.165) is 9.87 Å². The van der Waals surface area contributed by atoms with Gasteiger partial charge in [-0.15, -0.1) is 0 Å². The Bertz CT molecular complexity index is 1310. The largest absolute Gasteiger partial charge is 0.351 e. The molecule has 0 unspecified atom stereocenters. The number of carbonyl (C=O) groups is 1. The van der Waals surface area contributed by atoms with Crippen molar-refractivity contribution in [1.29, 1.82) is 0 Å². The number of nitrogens with zero attached hydrogens (tertiary/aromatic N) is 1. The second kappa shape index (κ2) is 8.76. The van der Waals surface area contributed by atoms with E-state index in [-0.39, 0.29) is 17.3 Å². The lowest BCUT2D eigenvalue weighted by Gasteiger charge is -2.31. The fourth-order valence-electron chi connectivity index (χ4n) is 3.67. The molecule has 0 aliphatic carbocycles. The molecule has 1 aliphatic rings. The molecule has 1 aliphatic heterocycles. The predicted molar refractivity (Wildman–Crippen MR) is 124 cm³/mol. The summed E-state index contributed by atoms with van der Waals surface area (Å²) < 4.78 is 41.0. The standard InChI is InChI=1S/C24H20ClFN2O3S/c1-28-21-12-9-18(25)15-20(21)22(17-5-3-2-4-6-17)23(32(28,30)31)24(29)27-14-13-16-7-10-19(26)11-8-16/h2-12,15H,13-14H2,1H3,(H,27,29). The number of amides is 1. The van der Waals surface area contributed by atoms with E-state index in [1.165, 1.54) is 19.2 Å². The molecule has 0 aromatic heterocycles. The van der Waals surface area contributed by atoms with Gasteiger partial charge in [-0.2, -0.15) is 0 Å². The molecular weight excluding hydrogens is 451 g/mol. The van der Waals surface area contributed by atoms with Crippen molar-refractivity contribution in [2.75, 3.05) is 17.9 Å². The number of hydrogen-bond acceptors (Lipinski definition) is 3. The van der Waals surface area contributed by atoms with E-state index in [1.807, 2.05) is 6.07 Å². The maximum atomic E-state index is 13.4. The number of halogens is 2. The first-order chi connectivity index (χ1) is 15.3. The first kappa shape index (κ1) is 22.0. The Kier molecular flexibility index (Phi) is 6.04. The third-order valence-electron chi connectivity index (χ3n) is 5.29. The molecule has 3 aromatic rings. The monoisotopic (exact) mass is 470 g/mol. The van der Waals surface area contributed by atoms with Crippen molar-refractivity contribution in [2.24, 2.45) is 0 Å². The number of benzene rings is 3. The van der Waals surface area contributed by atoms with Crippen LogP contribution in [0.15, 0.2) is 77.7 Å². The molecule has 0 saturated heterocycles. The summed E-state index contributed by atoms with van der Waals surface area (Å²) in [7, 11) is -2.71. The predicted octanol–water partition coefficient (Wildman–Crippen LogP) is 4.38. The lowest BCUT2D eigenvalue weighted by atomic mass is 9.95. The Morgan fingerprint density at radius 3 is 2.41 bits per heavy atom. The number of carbonyl (C=O) groups excluding carboxylic acids is 1. The minimum atomic E-state index is -4.12. The zero-order valence-electron chi connectivity index (χ0n) is 17.2. The van der Waals surface area contributed by atoms with Gasteiger partial charge in [0, 0.05) is 29.8 Å². The summed E-state index contributed by atoms with van der Waals surface area (Å²) in [5, 5.41) is 3.14. The fraction of sp³-hybridized carbons (Fsp3) is 0.125. The van der Waals surface area contributed by atoms with Crippen LogP contribution in [0, 0.1) is 5.82 Å². The number of hydrogen-bond donors (Lipinski definition) is 1. The Labute approximate surface area is 191 Å². The third-order valence-corrected chi connectivity index (χ3v) is 7.35. The molecule has 8 heteroatoms. The molecule has 0 atom stereocenters. The highest BCUT2D eigenvalue weighted by molar-refractivity contribution is 7.97. The smallest absolute Gasteiger partial charge is 0.270 e. The topological polar surface area (TPSA) is 66.5 Å². The van der Waals surface area contributed by atoms with E-state index in [9.17, 15) is 17.6 Å². The van der Waals surface area contributed by atoms with Crippen molar-refractivity contribution in [3.05, 3.63) is 105 Å². The van der Waals surface area contributed by atoms with Gasteiger partial charge in [-0.05, 0) is 47.9 Å². The van der Waals surface area contributed by atoms with Gasteiger partial charge in [-0.25, -0.2) is 12.8 Å². The van der Waals surface area contributed by atoms with E-state index in [0.29, 0.717) is 33.8 Å². The van der Waals surface area contributed by atoms with Gasteiger partial charge in [-0.1, -0.05) is 54.1 Å². The molecule has 164 valence electrons. The Hall–Kier alpha value is -3.16. The highest BCUT2D eigenvalue weighted by atomic mass is 35.5. The van der Waals surface area contributed by atoms with E-state index < -0.39 is 15.9 Å². The van der Waals surface area contributed by atoms with Gasteiger partial charge in [-0.3, -0.25) is 9.10 Å². The van der Waals surface area contributed by atoms with Gasteiger partial charge in [0.25, 0.3) is 15.9 Å². The maximum absolute atomic E-state index is 13.4. The van der Waals surface area contributed by atoms with E-state index in [2.05, 4.69) is 5.32 Å². The lowest BCUT2D eigenvalue weighted by Crippen LogP contribution is -2.40. The highest BCUT2D eigenvalue weighted by Crippen LogP contribution is 2.43. The number of anilines is 1. The van der Waals surface area contributed by atoms with Crippen LogP contribution in [0.4, 0.5) is 10.1 Å². The minimum absolute atomic E-state index is 0.192. The molecule has 0 fully saturated rings. The van der Waals surface area contributed by atoms with Crippen molar-refractivity contribution in [1.82, 2.24) is 5.32 Å². The third kappa shape index (κ3) is 4.13. The van der Waals surface area contributed by atoms with E-state index >= 15 is 0 Å². The van der Waals surface area contributed by atoms with Crippen LogP contribution < -0.4 is 9.62 Å². The van der Waals surface area contributed by atoms with Crippen LogP contribution in [0.25, 0.3) is 5.57 Å². The summed E-state index contributed by atoms with van der Waals surface area (Å²) in [6.45, 7) is 0.192. The Balaban J connectivity index is 1.77. The molecule has 1 heterocycles. The molecule has 5 nitrogen and oxygen atoms in total. The number of nitrogens with one attached hydrogen (secondary N) is 1. The second-order valence-corrected chi connectivity index (χ2v) is 9.68. The average molecular weight is 471 g/mol. The van der Waals surface area contributed by atoms with Gasteiger partial charge in [0.15, 0.2) is 4.91 Å². The number of fused-ring (bicyclic) bond motifs is 1. The van der Waals surface area contributed by atoms with Crippen molar-refractivity contribution in [2.45, 2.75) is 6.42 Å². The molecule has 4 rings (SSSR count). The Morgan fingerprint density at radius 1 is 1.03 bits per heavy atom. The molecule has 3 aromatic carbocycles. The van der Waals surface area contributed by atoms with Gasteiger partial charge < -0.3 is 5.32 Å². The fourth-order valence-corrected chi connectivity index (χ4v) is 5.33. The first-order valence-electron chi connectivity index (χ1n) is 9.90. The Morgan fingerprint density at radius 2 is 1.72 bits per heavy atom. The van der Waals surface area contributed by atoms with Crippen molar-refractivity contribution in [3.63, 3.8) is 0 Å². The minimum Gasteiger partial charge on any atom is -0.351 e. The van der Waals surface area contributed by atoms with Crippen LogP contribution in [-0.2, 0) is 21.2 Å². The van der Waals surface area contributed by atoms with Crippen molar-refractivity contribution < 1.29 is 17.6 Å². The number of sulfonamides is 1. The molecule has 1 N–H and O–H groups in total. The van der Waals surface area contributed by atoms with Crippen LogP contribution in [0.2, 0.25) is 5.02 Å². The molecule has 0 spiro atoms. The average Bonchev–Trinajstić information content (AvgIpc) is 2.78. The van der Waals surface area contributed by atoms with E-state index in [4.69, 9.17) is 11.6 Å². The molecule has 0 bridgehead atoms. The van der Waals surface area contributed by atoms with Crippen LogP contribution in [0.3, 0.4) is 0 Å². The SMILES string of the molecule is CN1c2ccc(Cl)cc2C(c2ccccc2)=C(C(=O)NCCc2ccc(F)cc2)S1(=O)=O. The van der Waals surface area contributed by atoms with E-state index in [1.54, 1.807) is 54.6 Å². The van der Waals surface area contributed by atoms with Gasteiger partial charge in [0.05, 0.1) is 5.69 Å². The summed E-state index contributed by atoms with van der Waals surface area (Å²) in [6, 6.07) is 19.7. The van der Waals surface area contributed by atoms with Crippen LogP contribution in [0.1, 0.15) is 16.7 Å². The summed E-state index contributed by atoms with van der Waals surface area (Å²) in [5.41, 5.74) is 2.72.